The van der Waals surface area contributed by atoms with Gasteiger partial charge in [-0.1, -0.05) is 16.3 Å². The zero-order valence-corrected chi connectivity index (χ0v) is 37.2. The van der Waals surface area contributed by atoms with Crippen molar-refractivity contribution in [3.05, 3.63) is 23.8 Å². The minimum Gasteiger partial charge on any atom is -0.481 e. The number of ether oxygens (including phenoxy) is 3. The molecule has 2 unspecified atom stereocenters. The lowest BCUT2D eigenvalue weighted by molar-refractivity contribution is -0.140. The lowest BCUT2D eigenvalue weighted by Gasteiger charge is -2.38. The number of nitrogens with one attached hydrogen (secondary N) is 1. The van der Waals surface area contributed by atoms with Crippen molar-refractivity contribution in [3.8, 4) is 12.3 Å². The second-order valence-corrected chi connectivity index (χ2v) is 15.0. The monoisotopic (exact) mass is 950 g/mol. The fraction of sp³-hybridized carbons (Fsp3) is 0.658. The van der Waals surface area contributed by atoms with Gasteiger partial charge in [-0.25, -0.2) is 9.36 Å². The normalized spacial score (nSPS) is 15.9. The van der Waals surface area contributed by atoms with Crippen LogP contribution in [0.5, 0.6) is 0 Å². The summed E-state index contributed by atoms with van der Waals surface area (Å²) in [6, 6.07) is -3.58. The quantitative estimate of drug-likeness (QED) is 0.0297. The molecule has 5 heterocycles. The van der Waals surface area contributed by atoms with Gasteiger partial charge in [-0.3, -0.25) is 19.2 Å². The van der Waals surface area contributed by atoms with E-state index in [0.717, 1.165) is 0 Å². The molecule has 28 heteroatoms. The second-order valence-electron chi connectivity index (χ2n) is 15.0. The van der Waals surface area contributed by atoms with Gasteiger partial charge in [0.1, 0.15) is 30.1 Å². The summed E-state index contributed by atoms with van der Waals surface area (Å²) < 4.78 is 18.9. The van der Waals surface area contributed by atoms with Crippen molar-refractivity contribution in [2.45, 2.75) is 49.9 Å². The van der Waals surface area contributed by atoms with Crippen molar-refractivity contribution in [3.63, 3.8) is 0 Å². The summed E-state index contributed by atoms with van der Waals surface area (Å²) in [5.74, 6) is 0.473. The number of aliphatic hydroxyl groups is 2. The SMILES string of the molecule is C#CCOCCOCCOCCNc1nc(N2CCN(C(=O)[C@H](CCC(=O)O)n3cc(C(N)CO)nn3)CC2)nc(N2CCN(C(=O)[C@H](CCC(=O)O)n3cc(C(N)CO)nn3)CC2)n1.Cl. The number of rotatable bonds is 27. The van der Waals surface area contributed by atoms with E-state index < -0.39 is 36.1 Å². The summed E-state index contributed by atoms with van der Waals surface area (Å²) in [5, 5.41) is 56.9. The van der Waals surface area contributed by atoms with E-state index in [4.69, 9.17) is 47.1 Å². The van der Waals surface area contributed by atoms with E-state index in [2.05, 4.69) is 31.9 Å². The average molecular weight is 951 g/mol. The summed E-state index contributed by atoms with van der Waals surface area (Å²) in [4.78, 5) is 72.0. The fourth-order valence-electron chi connectivity index (χ4n) is 6.87. The molecular weight excluding hydrogens is 892 g/mol. The largest absolute Gasteiger partial charge is 0.481 e. The Kier molecular flexibility index (Phi) is 21.5. The molecule has 2 aliphatic rings. The first-order chi connectivity index (χ1) is 31.4. The molecule has 66 heavy (non-hydrogen) atoms. The molecule has 0 bridgehead atoms. The number of terminal acetylenes is 1. The van der Waals surface area contributed by atoms with E-state index in [1.807, 2.05) is 9.80 Å². The average Bonchev–Trinajstić information content (AvgIpc) is 4.02. The van der Waals surface area contributed by atoms with Gasteiger partial charge >= 0.3 is 11.9 Å². The smallest absolute Gasteiger partial charge is 0.303 e. The van der Waals surface area contributed by atoms with E-state index in [1.165, 1.54) is 21.8 Å². The van der Waals surface area contributed by atoms with Gasteiger partial charge in [0.25, 0.3) is 0 Å². The number of aromatic nitrogens is 9. The minimum absolute atomic E-state index is 0. The summed E-state index contributed by atoms with van der Waals surface area (Å²) in [6.45, 7) is 3.83. The Bertz CT molecular complexity index is 1920. The molecule has 9 N–H and O–H groups in total. The highest BCUT2D eigenvalue weighted by atomic mass is 35.5. The summed E-state index contributed by atoms with van der Waals surface area (Å²) in [5.41, 5.74) is 12.3. The number of carboxylic acids is 2. The number of halogens is 1. The number of piperazine rings is 2. The maximum atomic E-state index is 13.9. The number of hydrogen-bond donors (Lipinski definition) is 7. The van der Waals surface area contributed by atoms with E-state index >= 15 is 0 Å². The van der Waals surface area contributed by atoms with Crippen molar-refractivity contribution in [2.24, 2.45) is 11.5 Å². The second kappa shape index (κ2) is 26.9. The molecule has 0 saturated carbocycles. The molecule has 0 spiro atoms. The number of aliphatic hydroxyl groups excluding tert-OH is 2. The van der Waals surface area contributed by atoms with Crippen LogP contribution in [0, 0.1) is 12.3 Å². The molecule has 0 aromatic carbocycles. The van der Waals surface area contributed by atoms with Crippen LogP contribution in [0.2, 0.25) is 0 Å². The number of aliphatic carboxylic acids is 2. The van der Waals surface area contributed by atoms with Gasteiger partial charge in [-0.05, 0) is 12.8 Å². The van der Waals surface area contributed by atoms with Crippen LogP contribution < -0.4 is 26.6 Å². The molecule has 4 atom stereocenters. The molecule has 0 aliphatic carbocycles. The Balaban J connectivity index is 0.00000952. The van der Waals surface area contributed by atoms with Crippen LogP contribution in [0.1, 0.15) is 61.2 Å². The van der Waals surface area contributed by atoms with Crippen LogP contribution in [-0.2, 0) is 33.4 Å². The predicted molar refractivity (Wildman–Crippen MR) is 234 cm³/mol. The molecule has 3 aromatic heterocycles. The van der Waals surface area contributed by atoms with Crippen molar-refractivity contribution in [1.82, 2.24) is 54.7 Å². The molecule has 364 valence electrons. The van der Waals surface area contributed by atoms with E-state index in [0.29, 0.717) is 77.7 Å². The number of carbonyl (C=O) groups excluding carboxylic acids is 2. The Hall–Kier alpha value is -5.86. The van der Waals surface area contributed by atoms with Crippen LogP contribution >= 0.6 is 12.4 Å². The van der Waals surface area contributed by atoms with Crippen molar-refractivity contribution in [1.29, 1.82) is 0 Å². The molecule has 3 aromatic rings. The zero-order valence-electron chi connectivity index (χ0n) is 36.4. The van der Waals surface area contributed by atoms with Crippen molar-refractivity contribution in [2.75, 3.05) is 127 Å². The maximum Gasteiger partial charge on any atom is 0.303 e. The Labute approximate surface area is 386 Å². The van der Waals surface area contributed by atoms with Gasteiger partial charge in [0.2, 0.25) is 29.7 Å². The molecule has 2 amide bonds. The van der Waals surface area contributed by atoms with Gasteiger partial charge in [0, 0.05) is 71.7 Å². The number of nitrogens with two attached hydrogens (primary N) is 2. The van der Waals surface area contributed by atoms with Gasteiger partial charge in [0.05, 0.1) is 70.7 Å². The highest BCUT2D eigenvalue weighted by Crippen LogP contribution is 2.24. The van der Waals surface area contributed by atoms with Gasteiger partial charge in [-0.15, -0.1) is 29.0 Å². The molecule has 5 rings (SSSR count). The topological polar surface area (TPSA) is 354 Å². The van der Waals surface area contributed by atoms with Crippen molar-refractivity contribution < 1.29 is 53.8 Å². The Morgan fingerprint density at radius 3 is 1.52 bits per heavy atom. The number of amides is 2. The molecular formula is C38H59ClN16O11. The third-order valence-corrected chi connectivity index (χ3v) is 10.5. The number of nitrogens with zero attached hydrogens (tertiary/aromatic N) is 13. The molecule has 0 radical (unpaired) electrons. The minimum atomic E-state index is -1.08. The fourth-order valence-corrected chi connectivity index (χ4v) is 6.87. The van der Waals surface area contributed by atoms with Gasteiger partial charge < -0.3 is 71.0 Å². The first kappa shape index (κ1) is 52.8. The first-order valence-corrected chi connectivity index (χ1v) is 21.2. The summed E-state index contributed by atoms with van der Waals surface area (Å²) >= 11 is 0. The zero-order chi connectivity index (χ0) is 46.7. The number of carbonyl (C=O) groups is 4. The lowest BCUT2D eigenvalue weighted by Crippen LogP contribution is -2.52. The highest BCUT2D eigenvalue weighted by Gasteiger charge is 2.34. The van der Waals surface area contributed by atoms with E-state index in [-0.39, 0.29) is 113 Å². The Morgan fingerprint density at radius 1 is 0.682 bits per heavy atom. The number of carboxylic acid groups (broad SMARTS) is 2. The molecule has 27 nitrogen and oxygen atoms in total. The lowest BCUT2D eigenvalue weighted by atomic mass is 10.1. The van der Waals surface area contributed by atoms with Gasteiger partial charge in [-0.2, -0.15) is 15.0 Å². The number of anilines is 3. The first-order valence-electron chi connectivity index (χ1n) is 21.2. The van der Waals surface area contributed by atoms with Crippen LogP contribution in [0.4, 0.5) is 17.8 Å². The molecule has 2 saturated heterocycles. The Morgan fingerprint density at radius 2 is 1.11 bits per heavy atom. The summed E-state index contributed by atoms with van der Waals surface area (Å²) in [6.07, 6.45) is 7.38. The van der Waals surface area contributed by atoms with E-state index in [9.17, 15) is 39.6 Å². The summed E-state index contributed by atoms with van der Waals surface area (Å²) in [7, 11) is 0. The van der Waals surface area contributed by atoms with E-state index in [1.54, 1.807) is 9.80 Å². The van der Waals surface area contributed by atoms with Crippen LogP contribution in [0.15, 0.2) is 12.4 Å². The predicted octanol–water partition coefficient (Wildman–Crippen LogP) is -2.94. The highest BCUT2D eigenvalue weighted by molar-refractivity contribution is 5.85. The van der Waals surface area contributed by atoms with Crippen LogP contribution in [0.3, 0.4) is 0 Å². The van der Waals surface area contributed by atoms with Crippen LogP contribution in [0.25, 0.3) is 0 Å². The molecule has 2 fully saturated rings. The third kappa shape index (κ3) is 15.4. The number of hydrogen-bond acceptors (Lipinski definition) is 21. The third-order valence-electron chi connectivity index (χ3n) is 10.5. The maximum absolute atomic E-state index is 13.9. The molecule has 2 aliphatic heterocycles. The van der Waals surface area contributed by atoms with Crippen molar-refractivity contribution >= 4 is 54.0 Å². The standard InChI is InChI=1S/C38H58N16O11.ClH/c1-2-16-63-18-20-65-21-19-64-17-7-41-36-42-37(51-12-8-49(9-13-51)34(61)30(3-5-32(57)58)53-22-28(45-47-53)26(39)24-55)44-38(43-36)52-14-10-50(11-15-52)35(62)31(4-6-33(59)60)54-23-29(46-48-54)27(40)25-56;/h1,22-23,26-27,30-31,55-56H,3-21,24-25,39-40H2,(H,57,58)(H,59,60)(H,41,42,43,44);1H/t26?,27?,30-,31-;/m0./s1. The van der Waals surface area contributed by atoms with Crippen LogP contribution in [-0.4, -0.2) is 211 Å². The van der Waals surface area contributed by atoms with Gasteiger partial charge in [0.15, 0.2) is 0 Å².